The molecule has 1 saturated carbocycles. The van der Waals surface area contributed by atoms with Crippen LogP contribution in [0.15, 0.2) is 51.7 Å². The van der Waals surface area contributed by atoms with E-state index in [1.54, 1.807) is 12.1 Å². The third kappa shape index (κ3) is 6.50. The van der Waals surface area contributed by atoms with E-state index >= 15 is 0 Å². The Morgan fingerprint density at radius 1 is 1.03 bits per heavy atom. The Balaban J connectivity index is 1.32. The van der Waals surface area contributed by atoms with Gasteiger partial charge in [-0.05, 0) is 68.5 Å². The van der Waals surface area contributed by atoms with Gasteiger partial charge in [-0.2, -0.15) is 0 Å². The van der Waals surface area contributed by atoms with Crippen LogP contribution in [0.25, 0.3) is 11.0 Å². The molecular formula is C28H31NO6. The molecule has 35 heavy (non-hydrogen) atoms. The summed E-state index contributed by atoms with van der Waals surface area (Å²) < 4.78 is 16.5. The van der Waals surface area contributed by atoms with E-state index < -0.39 is 17.5 Å². The number of benzene rings is 2. The summed E-state index contributed by atoms with van der Waals surface area (Å²) in [6.07, 6.45) is 5.89. The van der Waals surface area contributed by atoms with Crippen LogP contribution in [0, 0.1) is 13.8 Å². The van der Waals surface area contributed by atoms with Gasteiger partial charge in [0.25, 0.3) is 5.91 Å². The van der Waals surface area contributed by atoms with Gasteiger partial charge < -0.3 is 19.2 Å². The van der Waals surface area contributed by atoms with Crippen LogP contribution in [0.1, 0.15) is 66.4 Å². The fraction of sp³-hybridized carbons (Fsp3) is 0.393. The number of esters is 1. The Morgan fingerprint density at radius 3 is 2.63 bits per heavy atom. The smallest absolute Gasteiger partial charge is 0.349 e. The van der Waals surface area contributed by atoms with Crippen molar-refractivity contribution < 1.29 is 23.5 Å². The molecule has 0 spiro atoms. The summed E-state index contributed by atoms with van der Waals surface area (Å²) in [6.45, 7) is 4.38. The highest BCUT2D eigenvalue weighted by Gasteiger charge is 2.20. The van der Waals surface area contributed by atoms with E-state index in [9.17, 15) is 14.4 Å². The van der Waals surface area contributed by atoms with Crippen LogP contribution in [-0.2, 0) is 4.79 Å². The zero-order chi connectivity index (χ0) is 24.8. The Kier molecular flexibility index (Phi) is 7.85. The van der Waals surface area contributed by atoms with Crippen molar-refractivity contribution in [1.82, 2.24) is 5.32 Å². The Morgan fingerprint density at radius 2 is 1.83 bits per heavy atom. The second kappa shape index (κ2) is 11.2. The van der Waals surface area contributed by atoms with Gasteiger partial charge in [-0.25, -0.2) is 4.79 Å². The molecule has 0 bridgehead atoms. The van der Waals surface area contributed by atoms with Crippen molar-refractivity contribution in [3.8, 4) is 11.5 Å². The summed E-state index contributed by atoms with van der Waals surface area (Å²) >= 11 is 0. The van der Waals surface area contributed by atoms with Crippen LogP contribution in [0.5, 0.6) is 11.5 Å². The SMILES string of the molecule is Cc1ccc(C)c(OCCCC(=O)Oc2ccc3cc(C(=O)NC4CCCCC4)c(=O)oc3c2)c1. The maximum atomic E-state index is 12.6. The van der Waals surface area contributed by atoms with E-state index in [1.807, 2.05) is 32.0 Å². The lowest BCUT2D eigenvalue weighted by Crippen LogP contribution is -2.38. The lowest BCUT2D eigenvalue weighted by Gasteiger charge is -2.22. The molecule has 4 rings (SSSR count). The highest BCUT2D eigenvalue weighted by atomic mass is 16.5. The van der Waals surface area contributed by atoms with Gasteiger partial charge in [-0.1, -0.05) is 31.4 Å². The first-order valence-corrected chi connectivity index (χ1v) is 12.2. The highest BCUT2D eigenvalue weighted by molar-refractivity contribution is 5.97. The summed E-state index contributed by atoms with van der Waals surface area (Å²) in [6, 6.07) is 12.4. The van der Waals surface area contributed by atoms with Gasteiger partial charge in [-0.15, -0.1) is 0 Å². The maximum Gasteiger partial charge on any atom is 0.349 e. The molecule has 0 unspecified atom stereocenters. The summed E-state index contributed by atoms with van der Waals surface area (Å²) in [5.41, 5.74) is 1.69. The largest absolute Gasteiger partial charge is 0.493 e. The molecule has 1 aromatic heterocycles. The van der Waals surface area contributed by atoms with Crippen LogP contribution in [-0.4, -0.2) is 24.5 Å². The van der Waals surface area contributed by atoms with Crippen molar-refractivity contribution >= 4 is 22.8 Å². The van der Waals surface area contributed by atoms with E-state index in [-0.39, 0.29) is 29.4 Å². The van der Waals surface area contributed by atoms with Gasteiger partial charge in [0.15, 0.2) is 0 Å². The van der Waals surface area contributed by atoms with E-state index in [0.29, 0.717) is 18.4 Å². The number of hydrogen-bond acceptors (Lipinski definition) is 6. The molecule has 1 fully saturated rings. The zero-order valence-corrected chi connectivity index (χ0v) is 20.2. The lowest BCUT2D eigenvalue weighted by atomic mass is 9.95. The van der Waals surface area contributed by atoms with Gasteiger partial charge in [-0.3, -0.25) is 9.59 Å². The van der Waals surface area contributed by atoms with Crippen LogP contribution < -0.4 is 20.4 Å². The predicted octanol–water partition coefficient (Wildman–Crippen LogP) is 5.24. The molecule has 1 aliphatic carbocycles. The van der Waals surface area contributed by atoms with Crippen molar-refractivity contribution in [2.24, 2.45) is 0 Å². The number of carbonyl (C=O) groups is 2. The molecule has 1 aliphatic rings. The van der Waals surface area contributed by atoms with Crippen LogP contribution in [0.2, 0.25) is 0 Å². The van der Waals surface area contributed by atoms with Crippen LogP contribution in [0.3, 0.4) is 0 Å². The molecule has 3 aromatic rings. The molecule has 0 saturated heterocycles. The Labute approximate surface area is 204 Å². The first-order valence-electron chi connectivity index (χ1n) is 12.2. The van der Waals surface area contributed by atoms with E-state index in [0.717, 1.165) is 42.6 Å². The van der Waals surface area contributed by atoms with Crippen LogP contribution in [0.4, 0.5) is 0 Å². The van der Waals surface area contributed by atoms with Crippen molar-refractivity contribution in [1.29, 1.82) is 0 Å². The number of hydrogen-bond donors (Lipinski definition) is 1. The second-order valence-corrected chi connectivity index (χ2v) is 9.15. The van der Waals surface area contributed by atoms with Gasteiger partial charge in [0.2, 0.25) is 0 Å². The summed E-state index contributed by atoms with van der Waals surface area (Å²) in [7, 11) is 0. The average molecular weight is 478 g/mol. The summed E-state index contributed by atoms with van der Waals surface area (Å²) in [5, 5.41) is 3.52. The van der Waals surface area contributed by atoms with Crippen LogP contribution >= 0.6 is 0 Å². The van der Waals surface area contributed by atoms with Crippen molar-refractivity contribution in [3.63, 3.8) is 0 Å². The van der Waals surface area contributed by atoms with E-state index in [4.69, 9.17) is 13.9 Å². The number of aryl methyl sites for hydroxylation is 2. The first kappa shape index (κ1) is 24.5. The minimum Gasteiger partial charge on any atom is -0.493 e. The average Bonchev–Trinajstić information content (AvgIpc) is 2.84. The van der Waals surface area contributed by atoms with Gasteiger partial charge in [0.1, 0.15) is 22.6 Å². The fourth-order valence-corrected chi connectivity index (χ4v) is 4.27. The Bertz CT molecular complexity index is 1270. The quantitative estimate of drug-likeness (QED) is 0.206. The molecule has 0 atom stereocenters. The number of rotatable bonds is 8. The predicted molar refractivity (Wildman–Crippen MR) is 133 cm³/mol. The zero-order valence-electron chi connectivity index (χ0n) is 20.2. The molecule has 184 valence electrons. The fourth-order valence-electron chi connectivity index (χ4n) is 4.27. The van der Waals surface area contributed by atoms with E-state index in [2.05, 4.69) is 5.32 Å². The summed E-state index contributed by atoms with van der Waals surface area (Å²) in [4.78, 5) is 37.3. The van der Waals surface area contributed by atoms with Gasteiger partial charge in [0, 0.05) is 23.9 Å². The van der Waals surface area contributed by atoms with Gasteiger partial charge >= 0.3 is 11.6 Å². The third-order valence-corrected chi connectivity index (χ3v) is 6.25. The van der Waals surface area contributed by atoms with Crippen molar-refractivity contribution in [2.45, 2.75) is 64.8 Å². The minimum atomic E-state index is -0.710. The molecule has 1 N–H and O–H groups in total. The number of carbonyl (C=O) groups excluding carboxylic acids is 2. The topological polar surface area (TPSA) is 94.8 Å². The number of nitrogens with one attached hydrogen (secondary N) is 1. The number of amides is 1. The Hall–Kier alpha value is -3.61. The normalized spacial score (nSPS) is 14.0. The lowest BCUT2D eigenvalue weighted by molar-refractivity contribution is -0.134. The molecule has 1 heterocycles. The first-order chi connectivity index (χ1) is 16.9. The molecule has 0 radical (unpaired) electrons. The molecule has 2 aromatic carbocycles. The van der Waals surface area contributed by atoms with Crippen molar-refractivity contribution in [3.05, 3.63) is 69.6 Å². The second-order valence-electron chi connectivity index (χ2n) is 9.15. The molecule has 7 nitrogen and oxygen atoms in total. The molecule has 1 amide bonds. The molecule has 7 heteroatoms. The minimum absolute atomic E-state index is 0.0170. The number of fused-ring (bicyclic) bond motifs is 1. The summed E-state index contributed by atoms with van der Waals surface area (Å²) in [5.74, 6) is 0.279. The maximum absolute atomic E-state index is 12.6. The molecule has 0 aliphatic heterocycles. The molecular weight excluding hydrogens is 446 g/mol. The third-order valence-electron chi connectivity index (χ3n) is 6.25. The standard InChI is InChI=1S/C28H31NO6/c1-18-10-11-19(2)24(15-18)33-14-6-9-26(30)34-22-13-12-20-16-23(28(32)35-25(20)17-22)27(31)29-21-7-4-3-5-8-21/h10-13,15-17,21H,3-9,14H2,1-2H3,(H,29,31). The monoisotopic (exact) mass is 477 g/mol. The highest BCUT2D eigenvalue weighted by Crippen LogP contribution is 2.23. The van der Waals surface area contributed by atoms with E-state index in [1.165, 1.54) is 18.6 Å². The van der Waals surface area contributed by atoms with Gasteiger partial charge in [0.05, 0.1) is 6.61 Å². The van der Waals surface area contributed by atoms with Crippen molar-refractivity contribution in [2.75, 3.05) is 6.61 Å². The number of ether oxygens (including phenoxy) is 2.